The van der Waals surface area contributed by atoms with Crippen molar-refractivity contribution in [2.45, 2.75) is 66.0 Å². The van der Waals surface area contributed by atoms with Gasteiger partial charge in [0.1, 0.15) is 0 Å². The maximum Gasteiger partial charge on any atom is 0.0641 e. The predicted molar refractivity (Wildman–Crippen MR) is 116 cm³/mol. The standard InChI is InChI=1S/C24H32N4/c1-16(2)28-19(5)23(18(4)26-28)15-27-11-9-20(10-12-27)24-13-22-17(3)7-6-8-21(22)14-25-24/h6-8,13-14,16,20H,9-12,15H2,1-5H3. The van der Waals surface area contributed by atoms with Crippen molar-refractivity contribution in [1.29, 1.82) is 0 Å². The summed E-state index contributed by atoms with van der Waals surface area (Å²) < 4.78 is 2.17. The van der Waals surface area contributed by atoms with E-state index in [9.17, 15) is 0 Å². The molecule has 3 aromatic rings. The largest absolute Gasteiger partial charge is 0.299 e. The van der Waals surface area contributed by atoms with Gasteiger partial charge in [0.15, 0.2) is 0 Å². The summed E-state index contributed by atoms with van der Waals surface area (Å²) in [5.41, 5.74) is 6.51. The van der Waals surface area contributed by atoms with Gasteiger partial charge >= 0.3 is 0 Å². The van der Waals surface area contributed by atoms with Gasteiger partial charge in [0.25, 0.3) is 0 Å². The highest BCUT2D eigenvalue weighted by atomic mass is 15.3. The van der Waals surface area contributed by atoms with Crippen LogP contribution in [0.15, 0.2) is 30.5 Å². The van der Waals surface area contributed by atoms with Crippen molar-refractivity contribution < 1.29 is 0 Å². The van der Waals surface area contributed by atoms with Crippen molar-refractivity contribution >= 4 is 10.8 Å². The maximum absolute atomic E-state index is 4.80. The van der Waals surface area contributed by atoms with Gasteiger partial charge in [-0.05, 0) is 77.6 Å². The molecule has 4 rings (SSSR count). The Bertz CT molecular complexity index is 978. The van der Waals surface area contributed by atoms with E-state index in [0.29, 0.717) is 12.0 Å². The summed E-state index contributed by atoms with van der Waals surface area (Å²) in [6, 6.07) is 9.20. The number of aryl methyl sites for hydroxylation is 2. The van der Waals surface area contributed by atoms with E-state index in [1.54, 1.807) is 0 Å². The molecule has 0 spiro atoms. The lowest BCUT2D eigenvalue weighted by atomic mass is 9.91. The van der Waals surface area contributed by atoms with E-state index in [4.69, 9.17) is 10.1 Å². The molecule has 0 unspecified atom stereocenters. The fourth-order valence-corrected chi connectivity index (χ4v) is 4.60. The zero-order valence-corrected chi connectivity index (χ0v) is 17.9. The van der Waals surface area contributed by atoms with Crippen molar-refractivity contribution in [3.63, 3.8) is 0 Å². The Morgan fingerprint density at radius 3 is 2.54 bits per heavy atom. The molecular formula is C24H32N4. The second-order valence-electron chi connectivity index (χ2n) is 8.64. The van der Waals surface area contributed by atoms with Crippen LogP contribution in [0, 0.1) is 20.8 Å². The van der Waals surface area contributed by atoms with Crippen molar-refractivity contribution in [3.8, 4) is 0 Å². The Hall–Kier alpha value is -2.20. The molecule has 4 nitrogen and oxygen atoms in total. The van der Waals surface area contributed by atoms with Gasteiger partial charge < -0.3 is 0 Å². The van der Waals surface area contributed by atoms with Crippen molar-refractivity contribution in [3.05, 3.63) is 58.7 Å². The van der Waals surface area contributed by atoms with Gasteiger partial charge in [-0.15, -0.1) is 0 Å². The number of benzene rings is 1. The van der Waals surface area contributed by atoms with Crippen LogP contribution in [0.5, 0.6) is 0 Å². The average Bonchev–Trinajstić information content (AvgIpc) is 2.97. The van der Waals surface area contributed by atoms with E-state index >= 15 is 0 Å². The van der Waals surface area contributed by atoms with Crippen LogP contribution in [0.25, 0.3) is 10.8 Å². The molecule has 0 amide bonds. The molecular weight excluding hydrogens is 344 g/mol. The van der Waals surface area contributed by atoms with E-state index in [1.807, 2.05) is 0 Å². The molecule has 28 heavy (non-hydrogen) atoms. The second kappa shape index (κ2) is 7.67. The lowest BCUT2D eigenvalue weighted by Gasteiger charge is -2.32. The van der Waals surface area contributed by atoms with Gasteiger partial charge in [-0.2, -0.15) is 5.10 Å². The second-order valence-corrected chi connectivity index (χ2v) is 8.64. The third-order valence-corrected chi connectivity index (χ3v) is 6.35. The molecule has 1 aliphatic heterocycles. The number of aromatic nitrogens is 3. The molecule has 4 heteroatoms. The molecule has 148 valence electrons. The monoisotopic (exact) mass is 376 g/mol. The molecule has 0 radical (unpaired) electrons. The van der Waals surface area contributed by atoms with E-state index < -0.39 is 0 Å². The minimum absolute atomic E-state index is 0.417. The molecule has 1 fully saturated rings. The van der Waals surface area contributed by atoms with Gasteiger partial charge in [0, 0.05) is 47.0 Å². The number of nitrogens with zero attached hydrogens (tertiary/aromatic N) is 4. The summed E-state index contributed by atoms with van der Waals surface area (Å²) in [6.45, 7) is 14.2. The molecule has 1 aliphatic rings. The first-order valence-corrected chi connectivity index (χ1v) is 10.6. The fourth-order valence-electron chi connectivity index (χ4n) is 4.60. The third-order valence-electron chi connectivity index (χ3n) is 6.35. The number of pyridine rings is 1. The highest BCUT2D eigenvalue weighted by Crippen LogP contribution is 2.30. The quantitative estimate of drug-likeness (QED) is 0.618. The molecule has 1 aromatic carbocycles. The Morgan fingerprint density at radius 1 is 1.11 bits per heavy atom. The summed E-state index contributed by atoms with van der Waals surface area (Å²) in [5, 5.41) is 7.35. The highest BCUT2D eigenvalue weighted by molar-refractivity contribution is 5.85. The van der Waals surface area contributed by atoms with E-state index in [-0.39, 0.29) is 0 Å². The summed E-state index contributed by atoms with van der Waals surface area (Å²) in [4.78, 5) is 7.39. The van der Waals surface area contributed by atoms with Crippen molar-refractivity contribution in [2.75, 3.05) is 13.1 Å². The minimum atomic E-state index is 0.417. The number of hydrogen-bond acceptors (Lipinski definition) is 3. The maximum atomic E-state index is 4.80. The van der Waals surface area contributed by atoms with Gasteiger partial charge in [-0.1, -0.05) is 18.2 Å². The summed E-state index contributed by atoms with van der Waals surface area (Å²) >= 11 is 0. The first-order valence-electron chi connectivity index (χ1n) is 10.6. The molecule has 1 saturated heterocycles. The summed E-state index contributed by atoms with van der Waals surface area (Å²) in [5.74, 6) is 0.570. The zero-order valence-electron chi connectivity index (χ0n) is 17.9. The van der Waals surface area contributed by atoms with Crippen LogP contribution in [0.4, 0.5) is 0 Å². The van der Waals surface area contributed by atoms with Crippen molar-refractivity contribution in [2.24, 2.45) is 0 Å². The summed E-state index contributed by atoms with van der Waals surface area (Å²) in [6.07, 6.45) is 4.42. The van der Waals surface area contributed by atoms with Crippen LogP contribution in [0.2, 0.25) is 0 Å². The van der Waals surface area contributed by atoms with Crippen LogP contribution >= 0.6 is 0 Å². The number of fused-ring (bicyclic) bond motifs is 1. The molecule has 0 N–H and O–H groups in total. The lowest BCUT2D eigenvalue weighted by Crippen LogP contribution is -2.33. The Kier molecular flexibility index (Phi) is 5.24. The van der Waals surface area contributed by atoms with Gasteiger partial charge in [-0.3, -0.25) is 14.6 Å². The zero-order chi connectivity index (χ0) is 19.8. The van der Waals surface area contributed by atoms with Gasteiger partial charge in [0.2, 0.25) is 0 Å². The fraction of sp³-hybridized carbons (Fsp3) is 0.500. The average molecular weight is 377 g/mol. The van der Waals surface area contributed by atoms with Crippen molar-refractivity contribution in [1.82, 2.24) is 19.7 Å². The van der Waals surface area contributed by atoms with Crippen LogP contribution in [0.1, 0.15) is 66.9 Å². The lowest BCUT2D eigenvalue weighted by molar-refractivity contribution is 0.202. The Morgan fingerprint density at radius 2 is 1.86 bits per heavy atom. The molecule has 2 aromatic heterocycles. The normalized spacial score (nSPS) is 16.4. The van der Waals surface area contributed by atoms with E-state index in [1.165, 1.54) is 51.8 Å². The number of piperidine rings is 1. The van der Waals surface area contributed by atoms with Crippen LogP contribution in [-0.4, -0.2) is 32.8 Å². The first-order chi connectivity index (χ1) is 13.4. The molecule has 3 heterocycles. The molecule has 0 aliphatic carbocycles. The predicted octanol–water partition coefficient (Wildman–Crippen LogP) is 5.32. The Balaban J connectivity index is 1.45. The minimum Gasteiger partial charge on any atom is -0.299 e. The molecule has 0 bridgehead atoms. The summed E-state index contributed by atoms with van der Waals surface area (Å²) in [7, 11) is 0. The molecule has 0 saturated carbocycles. The van der Waals surface area contributed by atoms with E-state index in [2.05, 4.69) is 74.7 Å². The smallest absolute Gasteiger partial charge is 0.0641 e. The number of hydrogen-bond donors (Lipinski definition) is 0. The van der Waals surface area contributed by atoms with Crippen LogP contribution in [-0.2, 0) is 6.54 Å². The number of rotatable bonds is 4. The van der Waals surface area contributed by atoms with Crippen LogP contribution in [0.3, 0.4) is 0 Å². The first kappa shape index (κ1) is 19.1. The Labute approximate surface area is 168 Å². The third kappa shape index (κ3) is 3.58. The highest BCUT2D eigenvalue weighted by Gasteiger charge is 2.24. The number of likely N-dealkylation sites (tertiary alicyclic amines) is 1. The van der Waals surface area contributed by atoms with Crippen LogP contribution < -0.4 is 0 Å². The topological polar surface area (TPSA) is 34.0 Å². The van der Waals surface area contributed by atoms with Gasteiger partial charge in [0.05, 0.1) is 5.69 Å². The SMILES string of the molecule is Cc1nn(C(C)C)c(C)c1CN1CCC(c2cc3c(C)cccc3cn2)CC1. The van der Waals surface area contributed by atoms with Gasteiger partial charge in [-0.25, -0.2) is 0 Å². The molecule has 0 atom stereocenters. The van der Waals surface area contributed by atoms with E-state index in [0.717, 1.165) is 19.6 Å².